The predicted molar refractivity (Wildman–Crippen MR) is 65.3 cm³/mol. The van der Waals surface area contributed by atoms with Gasteiger partial charge in [0.05, 0.1) is 25.0 Å². The number of nitrogens with zero attached hydrogens (tertiary/aromatic N) is 2. The highest BCUT2D eigenvalue weighted by atomic mass is 19.4. The lowest BCUT2D eigenvalue weighted by Crippen LogP contribution is -2.37. The Bertz CT molecular complexity index is 480. The zero-order valence-electron chi connectivity index (χ0n) is 10.6. The SMILES string of the molecule is COC(=O)c1ccnc(N(CCO)CC(F)(F)F)c1N. The van der Waals surface area contributed by atoms with Crippen LogP contribution in [0, 0.1) is 0 Å². The summed E-state index contributed by atoms with van der Waals surface area (Å²) in [6.07, 6.45) is -3.34. The molecule has 1 aromatic heterocycles. The van der Waals surface area contributed by atoms with Crippen molar-refractivity contribution in [2.24, 2.45) is 0 Å². The molecule has 3 N–H and O–H groups in total. The Hall–Kier alpha value is -2.03. The lowest BCUT2D eigenvalue weighted by molar-refractivity contribution is -0.119. The molecule has 9 heteroatoms. The molecular weight excluding hydrogens is 279 g/mol. The summed E-state index contributed by atoms with van der Waals surface area (Å²) >= 11 is 0. The highest BCUT2D eigenvalue weighted by molar-refractivity contribution is 5.97. The standard InChI is InChI=1S/C11H14F3N3O3/c1-20-10(19)7-2-3-16-9(8(7)15)17(4-5-18)6-11(12,13)14/h2-3,18H,4-6,15H2,1H3. The van der Waals surface area contributed by atoms with Crippen molar-refractivity contribution in [3.05, 3.63) is 17.8 Å². The highest BCUT2D eigenvalue weighted by Crippen LogP contribution is 2.27. The van der Waals surface area contributed by atoms with Crippen LogP contribution in [-0.2, 0) is 4.74 Å². The molecule has 0 spiro atoms. The molecular formula is C11H14F3N3O3. The van der Waals surface area contributed by atoms with Crippen LogP contribution in [0.4, 0.5) is 24.7 Å². The number of nitrogen functional groups attached to an aromatic ring is 1. The van der Waals surface area contributed by atoms with Crippen LogP contribution in [0.5, 0.6) is 0 Å². The number of hydrogen-bond donors (Lipinski definition) is 2. The molecule has 1 heterocycles. The number of aliphatic hydroxyl groups is 1. The minimum absolute atomic E-state index is 0.0809. The van der Waals surface area contributed by atoms with Crippen molar-refractivity contribution in [3.8, 4) is 0 Å². The third-order valence-electron chi connectivity index (χ3n) is 2.41. The second-order valence-corrected chi connectivity index (χ2v) is 3.85. The fraction of sp³-hybridized carbons (Fsp3) is 0.455. The zero-order valence-corrected chi connectivity index (χ0v) is 10.6. The summed E-state index contributed by atoms with van der Waals surface area (Å²) in [4.78, 5) is 15.9. The predicted octanol–water partition coefficient (Wildman–Crippen LogP) is 0.811. The normalized spacial score (nSPS) is 11.2. The lowest BCUT2D eigenvalue weighted by atomic mass is 10.2. The summed E-state index contributed by atoms with van der Waals surface area (Å²) in [5, 5.41) is 8.84. The Morgan fingerprint density at radius 2 is 2.20 bits per heavy atom. The van der Waals surface area contributed by atoms with E-state index in [1.165, 1.54) is 6.07 Å². The van der Waals surface area contributed by atoms with Crippen molar-refractivity contribution in [1.29, 1.82) is 0 Å². The van der Waals surface area contributed by atoms with Crippen LogP contribution in [0.1, 0.15) is 10.4 Å². The van der Waals surface area contributed by atoms with Crippen LogP contribution in [0.25, 0.3) is 0 Å². The fourth-order valence-corrected chi connectivity index (χ4v) is 1.60. The summed E-state index contributed by atoms with van der Waals surface area (Å²) in [6, 6.07) is 1.25. The van der Waals surface area contributed by atoms with Gasteiger partial charge in [-0.05, 0) is 6.07 Å². The number of methoxy groups -OCH3 is 1. The largest absolute Gasteiger partial charge is 0.465 e. The molecule has 112 valence electrons. The molecule has 0 radical (unpaired) electrons. The van der Waals surface area contributed by atoms with Gasteiger partial charge < -0.3 is 20.5 Å². The van der Waals surface area contributed by atoms with Crippen LogP contribution in [-0.4, -0.2) is 49.0 Å². The number of carbonyl (C=O) groups excluding carboxylic acids is 1. The van der Waals surface area contributed by atoms with Gasteiger partial charge >= 0.3 is 12.1 Å². The van der Waals surface area contributed by atoms with Crippen LogP contribution in [0.3, 0.4) is 0 Å². The number of ether oxygens (including phenoxy) is 1. The van der Waals surface area contributed by atoms with Gasteiger partial charge in [0.25, 0.3) is 0 Å². The number of carbonyl (C=O) groups is 1. The van der Waals surface area contributed by atoms with Crippen LogP contribution in [0.15, 0.2) is 12.3 Å². The topological polar surface area (TPSA) is 88.7 Å². The third kappa shape index (κ3) is 3.98. The quantitative estimate of drug-likeness (QED) is 0.781. The molecule has 0 aliphatic rings. The fourth-order valence-electron chi connectivity index (χ4n) is 1.60. The van der Waals surface area contributed by atoms with Crippen molar-refractivity contribution in [2.75, 3.05) is 37.4 Å². The lowest BCUT2D eigenvalue weighted by Gasteiger charge is -2.25. The number of esters is 1. The Morgan fingerprint density at radius 1 is 1.55 bits per heavy atom. The van der Waals surface area contributed by atoms with Gasteiger partial charge in [-0.15, -0.1) is 0 Å². The molecule has 0 atom stereocenters. The highest BCUT2D eigenvalue weighted by Gasteiger charge is 2.32. The number of pyridine rings is 1. The first-order chi connectivity index (χ1) is 9.30. The molecule has 0 aromatic carbocycles. The summed E-state index contributed by atoms with van der Waals surface area (Å²) in [6.45, 7) is -2.17. The van der Waals surface area contributed by atoms with E-state index in [0.717, 1.165) is 18.2 Å². The number of aliphatic hydroxyl groups excluding tert-OH is 1. The van der Waals surface area contributed by atoms with Gasteiger partial charge in [-0.3, -0.25) is 0 Å². The van der Waals surface area contributed by atoms with Gasteiger partial charge in [-0.2, -0.15) is 13.2 Å². The second-order valence-electron chi connectivity index (χ2n) is 3.85. The van der Waals surface area contributed by atoms with E-state index in [2.05, 4.69) is 9.72 Å². The average molecular weight is 293 g/mol. The number of aromatic nitrogens is 1. The summed E-state index contributed by atoms with van der Waals surface area (Å²) in [7, 11) is 1.13. The molecule has 0 bridgehead atoms. The van der Waals surface area contributed by atoms with E-state index in [9.17, 15) is 18.0 Å². The minimum atomic E-state index is -4.50. The van der Waals surface area contributed by atoms with Crippen LogP contribution >= 0.6 is 0 Å². The number of halogens is 3. The number of anilines is 2. The first kappa shape index (κ1) is 16.0. The number of hydrogen-bond acceptors (Lipinski definition) is 6. The van der Waals surface area contributed by atoms with E-state index in [4.69, 9.17) is 10.8 Å². The second kappa shape index (κ2) is 6.42. The molecule has 0 aliphatic heterocycles. The van der Waals surface area contributed by atoms with Gasteiger partial charge in [0.15, 0.2) is 5.82 Å². The Balaban J connectivity index is 3.17. The van der Waals surface area contributed by atoms with E-state index < -0.39 is 25.3 Å². The van der Waals surface area contributed by atoms with Gasteiger partial charge in [0.2, 0.25) is 0 Å². The maximum absolute atomic E-state index is 12.5. The molecule has 0 amide bonds. The van der Waals surface area contributed by atoms with Crippen molar-refractivity contribution in [2.45, 2.75) is 6.18 Å². The molecule has 0 unspecified atom stereocenters. The monoisotopic (exact) mass is 293 g/mol. The van der Waals surface area contributed by atoms with E-state index in [0.29, 0.717) is 0 Å². The smallest absolute Gasteiger partial charge is 0.405 e. The summed E-state index contributed by atoms with van der Waals surface area (Å²) in [5.74, 6) is -0.999. The molecule has 0 aliphatic carbocycles. The van der Waals surface area contributed by atoms with Crippen molar-refractivity contribution >= 4 is 17.5 Å². The van der Waals surface area contributed by atoms with Crippen molar-refractivity contribution in [3.63, 3.8) is 0 Å². The minimum Gasteiger partial charge on any atom is -0.465 e. The Labute approximate surface area is 113 Å². The van der Waals surface area contributed by atoms with E-state index >= 15 is 0 Å². The molecule has 20 heavy (non-hydrogen) atoms. The van der Waals surface area contributed by atoms with Crippen LogP contribution in [0.2, 0.25) is 0 Å². The molecule has 0 saturated heterocycles. The molecule has 0 saturated carbocycles. The van der Waals surface area contributed by atoms with E-state index in [1.54, 1.807) is 0 Å². The van der Waals surface area contributed by atoms with Crippen molar-refractivity contribution < 1.29 is 27.8 Å². The molecule has 1 rings (SSSR count). The summed E-state index contributed by atoms with van der Waals surface area (Å²) in [5.41, 5.74) is 5.35. The van der Waals surface area contributed by atoms with Gasteiger partial charge in [0, 0.05) is 12.7 Å². The number of nitrogens with two attached hydrogens (primary N) is 1. The molecule has 6 nitrogen and oxygen atoms in total. The van der Waals surface area contributed by atoms with Gasteiger partial charge in [0.1, 0.15) is 6.54 Å². The average Bonchev–Trinajstić information content (AvgIpc) is 2.36. The van der Waals surface area contributed by atoms with E-state index in [1.807, 2.05) is 0 Å². The third-order valence-corrected chi connectivity index (χ3v) is 2.41. The van der Waals surface area contributed by atoms with E-state index in [-0.39, 0.29) is 23.6 Å². The number of rotatable bonds is 5. The van der Waals surface area contributed by atoms with Crippen molar-refractivity contribution in [1.82, 2.24) is 4.98 Å². The maximum atomic E-state index is 12.5. The molecule has 0 fully saturated rings. The maximum Gasteiger partial charge on any atom is 0.405 e. The Morgan fingerprint density at radius 3 is 2.70 bits per heavy atom. The summed E-state index contributed by atoms with van der Waals surface area (Å²) < 4.78 is 41.9. The first-order valence-corrected chi connectivity index (χ1v) is 5.55. The Kier molecular flexibility index (Phi) is 5.14. The molecule has 1 aromatic rings. The van der Waals surface area contributed by atoms with Gasteiger partial charge in [-0.25, -0.2) is 9.78 Å². The number of alkyl halides is 3. The zero-order chi connectivity index (χ0) is 15.3. The first-order valence-electron chi connectivity index (χ1n) is 5.55. The van der Waals surface area contributed by atoms with Gasteiger partial charge in [-0.1, -0.05) is 0 Å². The van der Waals surface area contributed by atoms with Crippen LogP contribution < -0.4 is 10.6 Å².